The Labute approximate surface area is 169 Å². The van der Waals surface area contributed by atoms with Crippen LogP contribution in [0.15, 0.2) is 48.5 Å². The molecule has 0 aromatic heterocycles. The van der Waals surface area contributed by atoms with Gasteiger partial charge in [-0.3, -0.25) is 9.59 Å². The standard InChI is InChI=1S/C24H32N2O2/c1-17(2)25-24(28)20(5)26(16-22-8-6-7-19(4)15-22)23(27)14-13-21-11-9-18(3)10-12-21/h6-12,15,17,20H,13-14,16H2,1-5H3,(H,25,28). The van der Waals surface area contributed by atoms with E-state index in [1.54, 1.807) is 11.8 Å². The van der Waals surface area contributed by atoms with Crippen molar-refractivity contribution in [1.29, 1.82) is 0 Å². The van der Waals surface area contributed by atoms with E-state index in [2.05, 4.69) is 35.6 Å². The Morgan fingerprint density at radius 3 is 2.21 bits per heavy atom. The van der Waals surface area contributed by atoms with E-state index >= 15 is 0 Å². The Hall–Kier alpha value is -2.62. The van der Waals surface area contributed by atoms with Gasteiger partial charge >= 0.3 is 0 Å². The minimum atomic E-state index is -0.520. The lowest BCUT2D eigenvalue weighted by Gasteiger charge is -2.29. The van der Waals surface area contributed by atoms with Crippen molar-refractivity contribution >= 4 is 11.8 Å². The van der Waals surface area contributed by atoms with Crippen molar-refractivity contribution in [3.05, 3.63) is 70.8 Å². The van der Waals surface area contributed by atoms with Crippen LogP contribution in [0.3, 0.4) is 0 Å². The highest BCUT2D eigenvalue weighted by Crippen LogP contribution is 2.14. The van der Waals surface area contributed by atoms with E-state index in [-0.39, 0.29) is 17.9 Å². The van der Waals surface area contributed by atoms with Crippen molar-refractivity contribution < 1.29 is 9.59 Å². The highest BCUT2D eigenvalue weighted by atomic mass is 16.2. The average molecular weight is 381 g/mol. The molecule has 2 amide bonds. The summed E-state index contributed by atoms with van der Waals surface area (Å²) in [5, 5.41) is 2.92. The monoisotopic (exact) mass is 380 g/mol. The molecule has 2 rings (SSSR count). The molecule has 0 spiro atoms. The maximum Gasteiger partial charge on any atom is 0.242 e. The van der Waals surface area contributed by atoms with Crippen LogP contribution in [0.5, 0.6) is 0 Å². The van der Waals surface area contributed by atoms with E-state index in [4.69, 9.17) is 0 Å². The first-order valence-corrected chi connectivity index (χ1v) is 9.97. The van der Waals surface area contributed by atoms with Crippen LogP contribution in [-0.2, 0) is 22.6 Å². The summed E-state index contributed by atoms with van der Waals surface area (Å²) in [6.45, 7) is 10.2. The molecule has 0 radical (unpaired) electrons. The molecule has 0 saturated carbocycles. The molecule has 2 aromatic carbocycles. The van der Waals surface area contributed by atoms with Gasteiger partial charge in [-0.25, -0.2) is 0 Å². The zero-order chi connectivity index (χ0) is 20.7. The van der Waals surface area contributed by atoms with Gasteiger partial charge in [-0.2, -0.15) is 0 Å². The molecule has 0 bridgehead atoms. The number of hydrogen-bond acceptors (Lipinski definition) is 2. The average Bonchev–Trinajstić information content (AvgIpc) is 2.64. The summed E-state index contributed by atoms with van der Waals surface area (Å²) in [6.07, 6.45) is 1.05. The zero-order valence-electron chi connectivity index (χ0n) is 17.7. The molecular formula is C24H32N2O2. The van der Waals surface area contributed by atoms with Crippen LogP contribution in [0, 0.1) is 13.8 Å². The topological polar surface area (TPSA) is 49.4 Å². The summed E-state index contributed by atoms with van der Waals surface area (Å²) < 4.78 is 0. The van der Waals surface area contributed by atoms with Gasteiger partial charge in [0.05, 0.1) is 0 Å². The molecule has 1 N–H and O–H groups in total. The van der Waals surface area contributed by atoms with E-state index in [1.165, 1.54) is 5.56 Å². The largest absolute Gasteiger partial charge is 0.352 e. The Morgan fingerprint density at radius 2 is 1.61 bits per heavy atom. The summed E-state index contributed by atoms with van der Waals surface area (Å²) in [4.78, 5) is 27.3. The summed E-state index contributed by atoms with van der Waals surface area (Å²) in [5.41, 5.74) is 4.51. The second-order valence-electron chi connectivity index (χ2n) is 7.84. The molecule has 0 aliphatic rings. The third kappa shape index (κ3) is 6.52. The summed E-state index contributed by atoms with van der Waals surface area (Å²) in [5.74, 6) is -0.125. The maximum atomic E-state index is 13.1. The number of rotatable bonds is 8. The summed E-state index contributed by atoms with van der Waals surface area (Å²) in [7, 11) is 0. The smallest absolute Gasteiger partial charge is 0.242 e. The minimum Gasteiger partial charge on any atom is -0.352 e. The lowest BCUT2D eigenvalue weighted by atomic mass is 10.1. The van der Waals surface area contributed by atoms with Crippen LogP contribution < -0.4 is 5.32 Å². The molecule has 0 fully saturated rings. The normalized spacial score (nSPS) is 11.9. The van der Waals surface area contributed by atoms with Gasteiger partial charge in [0.2, 0.25) is 11.8 Å². The molecule has 0 aliphatic carbocycles. The molecule has 2 aromatic rings. The fraction of sp³-hybridized carbons (Fsp3) is 0.417. The van der Waals surface area contributed by atoms with Crippen LogP contribution >= 0.6 is 0 Å². The quantitative estimate of drug-likeness (QED) is 0.747. The van der Waals surface area contributed by atoms with Crippen molar-refractivity contribution in [2.45, 2.75) is 66.1 Å². The highest BCUT2D eigenvalue weighted by molar-refractivity contribution is 5.87. The number of benzene rings is 2. The number of carbonyl (C=O) groups is 2. The van der Waals surface area contributed by atoms with E-state index in [0.717, 1.165) is 16.7 Å². The first-order chi connectivity index (χ1) is 13.3. The van der Waals surface area contributed by atoms with Gasteiger partial charge in [0, 0.05) is 19.0 Å². The fourth-order valence-corrected chi connectivity index (χ4v) is 3.14. The molecule has 0 saturated heterocycles. The lowest BCUT2D eigenvalue weighted by Crippen LogP contribution is -2.49. The van der Waals surface area contributed by atoms with Crippen molar-refractivity contribution in [2.24, 2.45) is 0 Å². The van der Waals surface area contributed by atoms with Gasteiger partial charge < -0.3 is 10.2 Å². The Bertz CT molecular complexity index is 797. The van der Waals surface area contributed by atoms with E-state index in [1.807, 2.05) is 45.9 Å². The second-order valence-corrected chi connectivity index (χ2v) is 7.84. The molecule has 4 heteroatoms. The molecule has 28 heavy (non-hydrogen) atoms. The maximum absolute atomic E-state index is 13.1. The van der Waals surface area contributed by atoms with Gasteiger partial charge in [0.15, 0.2) is 0 Å². The third-order valence-corrected chi connectivity index (χ3v) is 4.78. The van der Waals surface area contributed by atoms with Crippen LogP contribution in [0.4, 0.5) is 0 Å². The number of amides is 2. The van der Waals surface area contributed by atoms with Gasteiger partial charge in [0.25, 0.3) is 0 Å². The molecular weight excluding hydrogens is 348 g/mol. The second kappa shape index (κ2) is 10.1. The van der Waals surface area contributed by atoms with E-state index in [0.29, 0.717) is 19.4 Å². The van der Waals surface area contributed by atoms with E-state index < -0.39 is 6.04 Å². The number of nitrogens with zero attached hydrogens (tertiary/aromatic N) is 1. The Morgan fingerprint density at radius 1 is 0.929 bits per heavy atom. The van der Waals surface area contributed by atoms with Gasteiger partial charge in [0.1, 0.15) is 6.04 Å². The van der Waals surface area contributed by atoms with Gasteiger partial charge in [-0.05, 0) is 52.2 Å². The predicted molar refractivity (Wildman–Crippen MR) is 114 cm³/mol. The van der Waals surface area contributed by atoms with Crippen LogP contribution in [0.1, 0.15) is 49.4 Å². The molecule has 4 nitrogen and oxygen atoms in total. The number of nitrogens with one attached hydrogen (secondary N) is 1. The highest BCUT2D eigenvalue weighted by Gasteiger charge is 2.26. The van der Waals surface area contributed by atoms with Gasteiger partial charge in [-0.1, -0.05) is 59.7 Å². The number of carbonyl (C=O) groups excluding carboxylic acids is 2. The van der Waals surface area contributed by atoms with Crippen molar-refractivity contribution in [3.63, 3.8) is 0 Å². The fourth-order valence-electron chi connectivity index (χ4n) is 3.14. The SMILES string of the molecule is Cc1ccc(CCC(=O)N(Cc2cccc(C)c2)C(C)C(=O)NC(C)C)cc1. The van der Waals surface area contributed by atoms with Gasteiger partial charge in [-0.15, -0.1) is 0 Å². The summed E-state index contributed by atoms with van der Waals surface area (Å²) >= 11 is 0. The molecule has 1 unspecified atom stereocenters. The molecule has 1 atom stereocenters. The summed E-state index contributed by atoms with van der Waals surface area (Å²) in [6, 6.07) is 15.8. The van der Waals surface area contributed by atoms with E-state index in [9.17, 15) is 9.59 Å². The number of aryl methyl sites for hydroxylation is 3. The van der Waals surface area contributed by atoms with Crippen LogP contribution in [0.2, 0.25) is 0 Å². The zero-order valence-corrected chi connectivity index (χ0v) is 17.7. The first-order valence-electron chi connectivity index (χ1n) is 9.97. The third-order valence-electron chi connectivity index (χ3n) is 4.78. The van der Waals surface area contributed by atoms with Crippen molar-refractivity contribution in [1.82, 2.24) is 10.2 Å². The molecule has 0 heterocycles. The Kier molecular flexibility index (Phi) is 7.80. The predicted octanol–water partition coefficient (Wildman–Crippen LogP) is 4.18. The van der Waals surface area contributed by atoms with Crippen molar-refractivity contribution in [3.8, 4) is 0 Å². The molecule has 150 valence electrons. The number of hydrogen-bond donors (Lipinski definition) is 1. The minimum absolute atomic E-state index is 0.00603. The Balaban J connectivity index is 2.14. The van der Waals surface area contributed by atoms with Crippen LogP contribution in [0.25, 0.3) is 0 Å². The first kappa shape index (κ1) is 21.7. The van der Waals surface area contributed by atoms with Crippen molar-refractivity contribution in [2.75, 3.05) is 0 Å². The molecule has 0 aliphatic heterocycles. The lowest BCUT2D eigenvalue weighted by molar-refractivity contribution is -0.140. The van der Waals surface area contributed by atoms with Crippen LogP contribution in [-0.4, -0.2) is 28.8 Å².